The highest BCUT2D eigenvalue weighted by Crippen LogP contribution is 2.24. The molecule has 1 saturated heterocycles. The van der Waals surface area contributed by atoms with Crippen LogP contribution in [-0.4, -0.2) is 40.2 Å². The summed E-state index contributed by atoms with van der Waals surface area (Å²) in [6.45, 7) is 1.69. The average Bonchev–Trinajstić information content (AvgIpc) is 2.96. The number of nitrogens with zero attached hydrogens (tertiary/aromatic N) is 2. The normalized spacial score (nSPS) is 16.0. The van der Waals surface area contributed by atoms with Crippen molar-refractivity contribution < 1.29 is 9.90 Å². The first kappa shape index (κ1) is 14.9. The molecule has 1 N–H and O–H groups in total. The topological polar surface area (TPSA) is 45.5 Å². The van der Waals surface area contributed by atoms with Crippen LogP contribution in [0.2, 0.25) is 0 Å². The molecule has 1 fully saturated rings. The lowest BCUT2D eigenvalue weighted by molar-refractivity contribution is 0.0642. The van der Waals surface area contributed by atoms with E-state index in [1.807, 2.05) is 46.8 Å². The zero-order valence-corrected chi connectivity index (χ0v) is 12.9. The number of amides is 1. The van der Waals surface area contributed by atoms with E-state index in [-0.39, 0.29) is 12.5 Å². The number of rotatable bonds is 3. The molecule has 4 nitrogen and oxygen atoms in total. The molecule has 1 amide bonds. The smallest absolute Gasteiger partial charge is 0.270 e. The van der Waals surface area contributed by atoms with Gasteiger partial charge in [0.15, 0.2) is 0 Å². The van der Waals surface area contributed by atoms with Crippen molar-refractivity contribution in [3.8, 4) is 11.3 Å². The molecule has 0 bridgehead atoms. The van der Waals surface area contributed by atoms with Gasteiger partial charge in [0, 0.05) is 32.4 Å². The summed E-state index contributed by atoms with van der Waals surface area (Å²) in [6, 6.07) is 14.0. The van der Waals surface area contributed by atoms with Gasteiger partial charge in [-0.05, 0) is 36.5 Å². The van der Waals surface area contributed by atoms with Gasteiger partial charge in [-0.2, -0.15) is 0 Å². The number of aromatic nitrogens is 1. The fraction of sp³-hybridized carbons (Fsp3) is 0.389. The van der Waals surface area contributed by atoms with Gasteiger partial charge in [0.2, 0.25) is 0 Å². The lowest BCUT2D eigenvalue weighted by atomic mass is 9.98. The molecule has 3 rings (SSSR count). The Morgan fingerprint density at radius 2 is 1.82 bits per heavy atom. The predicted octanol–water partition coefficient (Wildman–Crippen LogP) is 2.54. The van der Waals surface area contributed by atoms with Crippen LogP contribution in [-0.2, 0) is 7.05 Å². The highest BCUT2D eigenvalue weighted by atomic mass is 16.3. The third-order valence-corrected chi connectivity index (χ3v) is 4.57. The van der Waals surface area contributed by atoms with E-state index in [4.69, 9.17) is 0 Å². The maximum absolute atomic E-state index is 12.7. The molecule has 0 radical (unpaired) electrons. The Bertz CT molecular complexity index is 640. The zero-order chi connectivity index (χ0) is 15.5. The number of hydrogen-bond donors (Lipinski definition) is 1. The quantitative estimate of drug-likeness (QED) is 0.946. The van der Waals surface area contributed by atoms with Gasteiger partial charge in [-0.15, -0.1) is 0 Å². The van der Waals surface area contributed by atoms with Crippen molar-refractivity contribution in [2.75, 3.05) is 19.7 Å². The number of likely N-dealkylation sites (tertiary alicyclic amines) is 1. The van der Waals surface area contributed by atoms with Crippen LogP contribution in [0.3, 0.4) is 0 Å². The number of carbonyl (C=O) groups excluding carboxylic acids is 1. The van der Waals surface area contributed by atoms with Gasteiger partial charge in [0.05, 0.1) is 0 Å². The van der Waals surface area contributed by atoms with Gasteiger partial charge in [0.25, 0.3) is 5.91 Å². The third-order valence-electron chi connectivity index (χ3n) is 4.57. The summed E-state index contributed by atoms with van der Waals surface area (Å²) in [6.07, 6.45) is 1.77. The van der Waals surface area contributed by atoms with Crippen molar-refractivity contribution >= 4 is 5.91 Å². The SMILES string of the molecule is Cn1c(C(=O)N2CCC(CO)CC2)ccc1-c1ccccc1. The van der Waals surface area contributed by atoms with Crippen LogP contribution in [0, 0.1) is 5.92 Å². The van der Waals surface area contributed by atoms with Crippen LogP contribution in [0.4, 0.5) is 0 Å². The zero-order valence-electron chi connectivity index (χ0n) is 12.9. The summed E-state index contributed by atoms with van der Waals surface area (Å²) >= 11 is 0. The van der Waals surface area contributed by atoms with Crippen molar-refractivity contribution in [3.05, 3.63) is 48.2 Å². The molecule has 1 aliphatic rings. The Morgan fingerprint density at radius 1 is 1.14 bits per heavy atom. The maximum Gasteiger partial charge on any atom is 0.270 e. The molecule has 0 saturated carbocycles. The van der Waals surface area contributed by atoms with Crippen molar-refractivity contribution in [3.63, 3.8) is 0 Å². The standard InChI is InChI=1S/C18H22N2O2/c1-19-16(15-5-3-2-4-6-15)7-8-17(19)18(22)20-11-9-14(13-21)10-12-20/h2-8,14,21H,9-13H2,1H3. The van der Waals surface area contributed by atoms with E-state index < -0.39 is 0 Å². The minimum atomic E-state index is 0.0843. The maximum atomic E-state index is 12.7. The largest absolute Gasteiger partial charge is 0.396 e. The minimum Gasteiger partial charge on any atom is -0.396 e. The number of aliphatic hydroxyl groups excluding tert-OH is 1. The van der Waals surface area contributed by atoms with Crippen molar-refractivity contribution in [1.29, 1.82) is 0 Å². The molecule has 2 aromatic rings. The highest BCUT2D eigenvalue weighted by molar-refractivity contribution is 5.94. The minimum absolute atomic E-state index is 0.0843. The van der Waals surface area contributed by atoms with Crippen molar-refractivity contribution in [1.82, 2.24) is 9.47 Å². The second kappa shape index (κ2) is 6.36. The molecule has 1 aromatic carbocycles. The van der Waals surface area contributed by atoms with E-state index in [0.29, 0.717) is 5.92 Å². The Kier molecular flexibility index (Phi) is 4.29. The molecule has 0 aliphatic carbocycles. The Labute approximate surface area is 131 Å². The van der Waals surface area contributed by atoms with E-state index in [1.165, 1.54) is 0 Å². The van der Waals surface area contributed by atoms with Gasteiger partial charge in [-0.1, -0.05) is 30.3 Å². The first-order chi connectivity index (χ1) is 10.7. The van der Waals surface area contributed by atoms with E-state index >= 15 is 0 Å². The monoisotopic (exact) mass is 298 g/mol. The lowest BCUT2D eigenvalue weighted by Gasteiger charge is -2.31. The molecule has 116 valence electrons. The Morgan fingerprint density at radius 3 is 2.45 bits per heavy atom. The van der Waals surface area contributed by atoms with Gasteiger partial charge in [-0.25, -0.2) is 0 Å². The van der Waals surface area contributed by atoms with Crippen LogP contribution >= 0.6 is 0 Å². The molecule has 2 heterocycles. The van der Waals surface area contributed by atoms with Crippen molar-refractivity contribution in [2.24, 2.45) is 13.0 Å². The van der Waals surface area contributed by atoms with Gasteiger partial charge >= 0.3 is 0 Å². The summed E-state index contributed by atoms with van der Waals surface area (Å²) in [5, 5.41) is 9.20. The van der Waals surface area contributed by atoms with E-state index in [2.05, 4.69) is 12.1 Å². The summed E-state index contributed by atoms with van der Waals surface area (Å²) < 4.78 is 1.97. The molecule has 22 heavy (non-hydrogen) atoms. The lowest BCUT2D eigenvalue weighted by Crippen LogP contribution is -2.39. The summed E-state index contributed by atoms with van der Waals surface area (Å²) in [4.78, 5) is 14.6. The Hall–Kier alpha value is -2.07. The van der Waals surface area contributed by atoms with Gasteiger partial charge < -0.3 is 14.6 Å². The predicted molar refractivity (Wildman–Crippen MR) is 86.6 cm³/mol. The number of piperidine rings is 1. The molecule has 1 aromatic heterocycles. The number of benzene rings is 1. The molecular formula is C18H22N2O2. The van der Waals surface area contributed by atoms with Gasteiger partial charge in [0.1, 0.15) is 5.69 Å². The van der Waals surface area contributed by atoms with E-state index in [0.717, 1.165) is 42.9 Å². The molecule has 4 heteroatoms. The van der Waals surface area contributed by atoms with Crippen LogP contribution in [0.25, 0.3) is 11.3 Å². The first-order valence-corrected chi connectivity index (χ1v) is 7.82. The fourth-order valence-corrected chi connectivity index (χ4v) is 3.11. The van der Waals surface area contributed by atoms with Crippen LogP contribution < -0.4 is 0 Å². The third kappa shape index (κ3) is 2.79. The van der Waals surface area contributed by atoms with Crippen LogP contribution in [0.15, 0.2) is 42.5 Å². The second-order valence-electron chi connectivity index (χ2n) is 5.95. The number of aliphatic hydroxyl groups is 1. The van der Waals surface area contributed by atoms with Crippen LogP contribution in [0.5, 0.6) is 0 Å². The first-order valence-electron chi connectivity index (χ1n) is 7.82. The summed E-state index contributed by atoms with van der Waals surface area (Å²) in [7, 11) is 1.94. The number of carbonyl (C=O) groups is 1. The second-order valence-corrected chi connectivity index (χ2v) is 5.95. The van der Waals surface area contributed by atoms with Crippen LogP contribution in [0.1, 0.15) is 23.3 Å². The number of hydrogen-bond acceptors (Lipinski definition) is 2. The summed E-state index contributed by atoms with van der Waals surface area (Å²) in [5.74, 6) is 0.429. The molecule has 0 unspecified atom stereocenters. The highest BCUT2D eigenvalue weighted by Gasteiger charge is 2.25. The van der Waals surface area contributed by atoms with Crippen molar-refractivity contribution in [2.45, 2.75) is 12.8 Å². The van der Waals surface area contributed by atoms with E-state index in [9.17, 15) is 9.90 Å². The summed E-state index contributed by atoms with van der Waals surface area (Å²) in [5.41, 5.74) is 2.89. The molecule has 0 spiro atoms. The van der Waals surface area contributed by atoms with E-state index in [1.54, 1.807) is 0 Å². The molecule has 0 atom stereocenters. The molecular weight excluding hydrogens is 276 g/mol. The fourth-order valence-electron chi connectivity index (χ4n) is 3.11. The Balaban J connectivity index is 1.78. The van der Waals surface area contributed by atoms with Gasteiger partial charge in [-0.3, -0.25) is 4.79 Å². The molecule has 1 aliphatic heterocycles. The average molecular weight is 298 g/mol.